The van der Waals surface area contributed by atoms with Crippen LogP contribution in [0.15, 0.2) is 36.4 Å². The second-order valence-electron chi connectivity index (χ2n) is 5.14. The normalized spacial score (nSPS) is 10.2. The van der Waals surface area contributed by atoms with E-state index in [1.54, 1.807) is 19.1 Å². The molecule has 0 saturated heterocycles. The first-order valence-corrected chi connectivity index (χ1v) is 6.79. The first-order valence-electron chi connectivity index (χ1n) is 6.79. The number of benzene rings is 2. The number of aryl methyl sites for hydroxylation is 2. The van der Waals surface area contributed by atoms with Crippen LogP contribution < -0.4 is 5.32 Å². The Morgan fingerprint density at radius 3 is 2.17 bits per heavy atom. The van der Waals surface area contributed by atoms with Gasteiger partial charge in [0.1, 0.15) is 0 Å². The van der Waals surface area contributed by atoms with Crippen molar-refractivity contribution in [3.63, 3.8) is 0 Å². The number of carboxylic acid groups (broad SMARTS) is 2. The van der Waals surface area contributed by atoms with Crippen LogP contribution in [0.1, 0.15) is 42.2 Å². The lowest BCUT2D eigenvalue weighted by molar-refractivity contribution is 0.0682. The Kier molecular flexibility index (Phi) is 4.45. The van der Waals surface area contributed by atoms with Gasteiger partial charge < -0.3 is 15.5 Å². The Bertz CT molecular complexity index is 811. The smallest absolute Gasteiger partial charge is 0.337 e. The molecule has 0 aliphatic rings. The number of anilines is 1. The third-order valence-electron chi connectivity index (χ3n) is 3.38. The van der Waals surface area contributed by atoms with Gasteiger partial charge in [-0.05, 0) is 43.7 Å². The molecule has 0 aliphatic heterocycles. The molecule has 2 aromatic carbocycles. The highest BCUT2D eigenvalue weighted by molar-refractivity contribution is 6.09. The molecule has 2 rings (SSSR count). The zero-order chi connectivity index (χ0) is 17.1. The van der Waals surface area contributed by atoms with Crippen LogP contribution in [0, 0.1) is 13.8 Å². The molecule has 1 amide bonds. The third-order valence-corrected chi connectivity index (χ3v) is 3.38. The summed E-state index contributed by atoms with van der Waals surface area (Å²) < 4.78 is 0. The fourth-order valence-electron chi connectivity index (χ4n) is 2.14. The molecule has 0 unspecified atom stereocenters. The van der Waals surface area contributed by atoms with Crippen molar-refractivity contribution in [2.24, 2.45) is 0 Å². The average Bonchev–Trinajstić information content (AvgIpc) is 2.49. The topological polar surface area (TPSA) is 104 Å². The van der Waals surface area contributed by atoms with Gasteiger partial charge >= 0.3 is 11.9 Å². The fraction of sp³-hybridized carbons (Fsp3) is 0.118. The van der Waals surface area contributed by atoms with Crippen LogP contribution in [0.4, 0.5) is 5.69 Å². The highest BCUT2D eigenvalue weighted by atomic mass is 16.4. The van der Waals surface area contributed by atoms with Gasteiger partial charge in [0.25, 0.3) is 5.91 Å². The van der Waals surface area contributed by atoms with Crippen LogP contribution in [0.5, 0.6) is 0 Å². The summed E-state index contributed by atoms with van der Waals surface area (Å²) in [5.74, 6) is -2.95. The van der Waals surface area contributed by atoms with E-state index in [9.17, 15) is 19.5 Å². The molecule has 23 heavy (non-hydrogen) atoms. The molecule has 0 saturated carbocycles. The van der Waals surface area contributed by atoms with Crippen molar-refractivity contribution >= 4 is 23.5 Å². The number of carbonyl (C=O) groups is 3. The monoisotopic (exact) mass is 313 g/mol. The lowest BCUT2D eigenvalue weighted by Crippen LogP contribution is -2.17. The summed E-state index contributed by atoms with van der Waals surface area (Å²) in [7, 11) is 0. The summed E-state index contributed by atoms with van der Waals surface area (Å²) in [6.07, 6.45) is 0. The zero-order valence-electron chi connectivity index (χ0n) is 12.6. The molecule has 0 spiro atoms. The molecule has 6 nitrogen and oxygen atoms in total. The van der Waals surface area contributed by atoms with Crippen LogP contribution in [-0.2, 0) is 0 Å². The molecular weight excluding hydrogens is 298 g/mol. The summed E-state index contributed by atoms with van der Waals surface area (Å²) in [4.78, 5) is 34.7. The minimum atomic E-state index is -1.25. The van der Waals surface area contributed by atoms with E-state index in [0.29, 0.717) is 5.56 Å². The van der Waals surface area contributed by atoms with E-state index in [1.165, 1.54) is 6.07 Å². The van der Waals surface area contributed by atoms with E-state index in [-0.39, 0.29) is 16.8 Å². The van der Waals surface area contributed by atoms with Crippen molar-refractivity contribution in [3.05, 3.63) is 64.2 Å². The molecule has 0 aromatic heterocycles. The van der Waals surface area contributed by atoms with Gasteiger partial charge in [0.05, 0.1) is 16.8 Å². The number of aromatic carboxylic acids is 2. The van der Waals surface area contributed by atoms with Crippen LogP contribution >= 0.6 is 0 Å². The predicted octanol–water partition coefficient (Wildman–Crippen LogP) is 2.95. The average molecular weight is 313 g/mol. The number of hydrogen-bond donors (Lipinski definition) is 3. The third kappa shape index (κ3) is 3.55. The van der Waals surface area contributed by atoms with Crippen molar-refractivity contribution < 1.29 is 24.6 Å². The summed E-state index contributed by atoms with van der Waals surface area (Å²) >= 11 is 0. The Hall–Kier alpha value is -3.15. The van der Waals surface area contributed by atoms with Crippen molar-refractivity contribution in [1.82, 2.24) is 0 Å². The maximum absolute atomic E-state index is 12.4. The van der Waals surface area contributed by atoms with Gasteiger partial charge in [-0.2, -0.15) is 0 Å². The van der Waals surface area contributed by atoms with Gasteiger partial charge in [-0.25, -0.2) is 9.59 Å². The minimum absolute atomic E-state index is 0.0525. The Morgan fingerprint density at radius 2 is 1.57 bits per heavy atom. The summed E-state index contributed by atoms with van der Waals surface area (Å²) in [6.45, 7) is 3.60. The van der Waals surface area contributed by atoms with Crippen LogP contribution in [0.25, 0.3) is 0 Å². The lowest BCUT2D eigenvalue weighted by Gasteiger charge is -2.11. The standard InChI is InChI=1S/C17H15NO5/c1-9-3-4-10(2)13(7-9)15(19)18-14-8-11(16(20)21)5-6-12(14)17(22)23/h3-8H,1-2H3,(H,18,19)(H,20,21)(H,22,23). The van der Waals surface area contributed by atoms with Crippen LogP contribution in [0.3, 0.4) is 0 Å². The summed E-state index contributed by atoms with van der Waals surface area (Å²) in [5.41, 5.74) is 1.70. The molecule has 0 aliphatic carbocycles. The number of rotatable bonds is 4. The van der Waals surface area contributed by atoms with E-state index in [2.05, 4.69) is 5.32 Å². The van der Waals surface area contributed by atoms with E-state index >= 15 is 0 Å². The minimum Gasteiger partial charge on any atom is -0.478 e. The predicted molar refractivity (Wildman–Crippen MR) is 84.2 cm³/mol. The van der Waals surface area contributed by atoms with Gasteiger partial charge in [0.15, 0.2) is 0 Å². The second kappa shape index (κ2) is 6.31. The van der Waals surface area contributed by atoms with Gasteiger partial charge in [-0.15, -0.1) is 0 Å². The largest absolute Gasteiger partial charge is 0.478 e. The van der Waals surface area contributed by atoms with Crippen molar-refractivity contribution in [3.8, 4) is 0 Å². The fourth-order valence-corrected chi connectivity index (χ4v) is 2.14. The molecule has 0 fully saturated rings. The molecule has 2 aromatic rings. The molecule has 0 radical (unpaired) electrons. The highest BCUT2D eigenvalue weighted by Crippen LogP contribution is 2.20. The summed E-state index contributed by atoms with van der Waals surface area (Å²) in [5, 5.41) is 20.7. The number of carbonyl (C=O) groups excluding carboxylic acids is 1. The van der Waals surface area contributed by atoms with Crippen molar-refractivity contribution in [2.45, 2.75) is 13.8 Å². The van der Waals surface area contributed by atoms with E-state index < -0.39 is 17.8 Å². The first-order chi connectivity index (χ1) is 10.8. The van der Waals surface area contributed by atoms with Gasteiger partial charge in [-0.3, -0.25) is 4.79 Å². The molecule has 6 heteroatoms. The van der Waals surface area contributed by atoms with Crippen molar-refractivity contribution in [1.29, 1.82) is 0 Å². The number of carboxylic acids is 2. The molecule has 0 bridgehead atoms. The van der Waals surface area contributed by atoms with Gasteiger partial charge in [-0.1, -0.05) is 17.7 Å². The van der Waals surface area contributed by atoms with Gasteiger partial charge in [0.2, 0.25) is 0 Å². The van der Waals surface area contributed by atoms with E-state index in [4.69, 9.17) is 5.11 Å². The van der Waals surface area contributed by atoms with E-state index in [0.717, 1.165) is 23.3 Å². The molecular formula is C17H15NO5. The molecule has 0 atom stereocenters. The molecule has 3 N–H and O–H groups in total. The zero-order valence-corrected chi connectivity index (χ0v) is 12.6. The van der Waals surface area contributed by atoms with E-state index in [1.807, 2.05) is 13.0 Å². The van der Waals surface area contributed by atoms with Crippen LogP contribution in [-0.4, -0.2) is 28.1 Å². The molecule has 0 heterocycles. The lowest BCUT2D eigenvalue weighted by atomic mass is 10.0. The first kappa shape index (κ1) is 16.2. The highest BCUT2D eigenvalue weighted by Gasteiger charge is 2.17. The second-order valence-corrected chi connectivity index (χ2v) is 5.14. The maximum atomic E-state index is 12.4. The van der Waals surface area contributed by atoms with Gasteiger partial charge in [0, 0.05) is 5.56 Å². The quantitative estimate of drug-likeness (QED) is 0.805. The maximum Gasteiger partial charge on any atom is 0.337 e. The SMILES string of the molecule is Cc1ccc(C)c(C(=O)Nc2cc(C(=O)O)ccc2C(=O)O)c1. The Balaban J connectivity index is 2.43. The summed E-state index contributed by atoms with van der Waals surface area (Å²) in [6, 6.07) is 8.81. The number of amides is 1. The van der Waals surface area contributed by atoms with Crippen molar-refractivity contribution in [2.75, 3.05) is 5.32 Å². The number of nitrogens with one attached hydrogen (secondary N) is 1. The van der Waals surface area contributed by atoms with Crippen LogP contribution in [0.2, 0.25) is 0 Å². The Labute approximate surface area is 132 Å². The molecule has 118 valence electrons. The number of hydrogen-bond acceptors (Lipinski definition) is 3. The Morgan fingerprint density at radius 1 is 0.870 bits per heavy atom.